The van der Waals surface area contributed by atoms with Crippen molar-refractivity contribution in [3.8, 4) is 0 Å². The van der Waals surface area contributed by atoms with Crippen molar-refractivity contribution in [2.45, 2.75) is 66.0 Å². The zero-order chi connectivity index (χ0) is 13.4. The Labute approximate surface area is 111 Å². The summed E-state index contributed by atoms with van der Waals surface area (Å²) in [4.78, 5) is 0. The van der Waals surface area contributed by atoms with Crippen LogP contribution in [0.2, 0.25) is 0 Å². The van der Waals surface area contributed by atoms with Gasteiger partial charge in [-0.15, -0.1) is 0 Å². The molecular formula is C16H27NO. The van der Waals surface area contributed by atoms with Gasteiger partial charge < -0.3 is 9.73 Å². The van der Waals surface area contributed by atoms with Gasteiger partial charge in [-0.25, -0.2) is 0 Å². The number of hydrogen-bond donors (Lipinski definition) is 1. The lowest BCUT2D eigenvalue weighted by Crippen LogP contribution is -2.44. The van der Waals surface area contributed by atoms with E-state index in [1.165, 1.54) is 19.3 Å². The lowest BCUT2D eigenvalue weighted by atomic mass is 9.63. The highest BCUT2D eigenvalue weighted by atomic mass is 16.3. The molecule has 2 nitrogen and oxygen atoms in total. The number of hydrogen-bond acceptors (Lipinski definition) is 2. The third-order valence-corrected chi connectivity index (χ3v) is 4.01. The molecule has 0 spiro atoms. The fraction of sp³-hybridized carbons (Fsp3) is 0.750. The van der Waals surface area contributed by atoms with E-state index in [0.717, 1.165) is 5.76 Å². The molecule has 102 valence electrons. The molecule has 0 bridgehead atoms. The van der Waals surface area contributed by atoms with E-state index in [-0.39, 0.29) is 0 Å². The molecule has 0 saturated heterocycles. The maximum absolute atomic E-state index is 5.48. The SMILES string of the molecule is CC(NC1CC(C)(C)CC(C)(C)C1)c1ccco1. The van der Waals surface area contributed by atoms with Crippen LogP contribution in [0.25, 0.3) is 0 Å². The summed E-state index contributed by atoms with van der Waals surface area (Å²) in [7, 11) is 0. The zero-order valence-electron chi connectivity index (χ0n) is 12.4. The first-order chi connectivity index (χ1) is 8.27. The Morgan fingerprint density at radius 3 is 2.33 bits per heavy atom. The minimum Gasteiger partial charge on any atom is -0.468 e. The van der Waals surface area contributed by atoms with Crippen LogP contribution in [0.3, 0.4) is 0 Å². The van der Waals surface area contributed by atoms with Crippen molar-refractivity contribution in [2.75, 3.05) is 0 Å². The molecule has 1 aliphatic rings. The second-order valence-corrected chi connectivity index (χ2v) is 7.51. The Bertz CT molecular complexity index is 362. The molecular weight excluding hydrogens is 222 g/mol. The van der Waals surface area contributed by atoms with Crippen LogP contribution in [-0.2, 0) is 0 Å². The van der Waals surface area contributed by atoms with Crippen molar-refractivity contribution in [3.63, 3.8) is 0 Å². The summed E-state index contributed by atoms with van der Waals surface area (Å²) in [6, 6.07) is 4.90. The first-order valence-corrected chi connectivity index (χ1v) is 7.07. The van der Waals surface area contributed by atoms with Gasteiger partial charge in [0.1, 0.15) is 5.76 Å². The highest BCUT2D eigenvalue weighted by Gasteiger charge is 2.38. The fourth-order valence-electron chi connectivity index (χ4n) is 3.94. The van der Waals surface area contributed by atoms with Gasteiger partial charge in [0.05, 0.1) is 12.3 Å². The van der Waals surface area contributed by atoms with Gasteiger partial charge in [-0.2, -0.15) is 0 Å². The number of nitrogens with one attached hydrogen (secondary N) is 1. The second-order valence-electron chi connectivity index (χ2n) is 7.51. The zero-order valence-corrected chi connectivity index (χ0v) is 12.4. The maximum Gasteiger partial charge on any atom is 0.120 e. The Kier molecular flexibility index (Phi) is 3.59. The molecule has 1 N–H and O–H groups in total. The predicted octanol–water partition coefficient (Wildman–Crippen LogP) is 4.54. The van der Waals surface area contributed by atoms with Gasteiger partial charge >= 0.3 is 0 Å². The molecule has 1 saturated carbocycles. The molecule has 1 aromatic heterocycles. The van der Waals surface area contributed by atoms with E-state index in [2.05, 4.69) is 46.0 Å². The third-order valence-electron chi connectivity index (χ3n) is 4.01. The average Bonchev–Trinajstić information content (AvgIpc) is 2.63. The maximum atomic E-state index is 5.48. The first kappa shape index (κ1) is 13.7. The Morgan fingerprint density at radius 2 is 1.83 bits per heavy atom. The van der Waals surface area contributed by atoms with Crippen LogP contribution in [0.1, 0.15) is 65.7 Å². The summed E-state index contributed by atoms with van der Waals surface area (Å²) < 4.78 is 5.48. The molecule has 0 aromatic carbocycles. The topological polar surface area (TPSA) is 25.2 Å². The summed E-state index contributed by atoms with van der Waals surface area (Å²) in [5, 5.41) is 3.74. The van der Waals surface area contributed by atoms with E-state index in [1.807, 2.05) is 6.07 Å². The average molecular weight is 249 g/mol. The predicted molar refractivity (Wildman–Crippen MR) is 75.5 cm³/mol. The van der Waals surface area contributed by atoms with E-state index in [0.29, 0.717) is 22.9 Å². The van der Waals surface area contributed by atoms with Crippen molar-refractivity contribution in [1.82, 2.24) is 5.32 Å². The minimum absolute atomic E-state index is 0.301. The third kappa shape index (κ3) is 3.38. The van der Waals surface area contributed by atoms with Crippen LogP contribution in [0.15, 0.2) is 22.8 Å². The van der Waals surface area contributed by atoms with E-state index in [4.69, 9.17) is 4.42 Å². The normalized spacial score (nSPS) is 24.9. The smallest absolute Gasteiger partial charge is 0.120 e. The van der Waals surface area contributed by atoms with Crippen LogP contribution >= 0.6 is 0 Å². The van der Waals surface area contributed by atoms with Gasteiger partial charge in [0.15, 0.2) is 0 Å². The van der Waals surface area contributed by atoms with E-state index < -0.39 is 0 Å². The highest BCUT2D eigenvalue weighted by Crippen LogP contribution is 2.46. The van der Waals surface area contributed by atoms with Gasteiger partial charge in [0, 0.05) is 6.04 Å². The van der Waals surface area contributed by atoms with Crippen LogP contribution in [0.5, 0.6) is 0 Å². The molecule has 2 heteroatoms. The standard InChI is InChI=1S/C16H27NO/c1-12(14-7-6-8-18-14)17-13-9-15(2,3)11-16(4,5)10-13/h6-8,12-13,17H,9-11H2,1-5H3. The summed E-state index contributed by atoms with van der Waals surface area (Å²) in [5.74, 6) is 1.04. The van der Waals surface area contributed by atoms with Crippen molar-refractivity contribution < 1.29 is 4.42 Å². The Morgan fingerprint density at radius 1 is 1.22 bits per heavy atom. The Hall–Kier alpha value is -0.760. The molecule has 0 aliphatic heterocycles. The molecule has 1 atom stereocenters. The van der Waals surface area contributed by atoms with Gasteiger partial charge in [-0.3, -0.25) is 0 Å². The summed E-state index contributed by atoms with van der Waals surface area (Å²) in [6.45, 7) is 11.7. The molecule has 1 heterocycles. The van der Waals surface area contributed by atoms with Crippen LogP contribution in [-0.4, -0.2) is 6.04 Å². The monoisotopic (exact) mass is 249 g/mol. The van der Waals surface area contributed by atoms with Gasteiger partial charge in [0.2, 0.25) is 0 Å². The summed E-state index contributed by atoms with van der Waals surface area (Å²) in [6.07, 6.45) is 5.57. The number of furan rings is 1. The highest BCUT2D eigenvalue weighted by molar-refractivity contribution is 5.04. The van der Waals surface area contributed by atoms with Crippen molar-refractivity contribution in [2.24, 2.45) is 10.8 Å². The molecule has 1 unspecified atom stereocenters. The van der Waals surface area contributed by atoms with Gasteiger partial charge in [0.25, 0.3) is 0 Å². The van der Waals surface area contributed by atoms with Crippen LogP contribution < -0.4 is 5.32 Å². The van der Waals surface area contributed by atoms with Crippen LogP contribution in [0, 0.1) is 10.8 Å². The van der Waals surface area contributed by atoms with E-state index >= 15 is 0 Å². The van der Waals surface area contributed by atoms with E-state index in [9.17, 15) is 0 Å². The molecule has 18 heavy (non-hydrogen) atoms. The lowest BCUT2D eigenvalue weighted by Gasteiger charge is -2.45. The molecule has 1 fully saturated rings. The first-order valence-electron chi connectivity index (χ1n) is 7.07. The molecule has 1 aromatic rings. The number of rotatable bonds is 3. The largest absolute Gasteiger partial charge is 0.468 e. The quantitative estimate of drug-likeness (QED) is 0.851. The summed E-state index contributed by atoms with van der Waals surface area (Å²) >= 11 is 0. The van der Waals surface area contributed by atoms with Crippen molar-refractivity contribution in [3.05, 3.63) is 24.2 Å². The molecule has 1 aliphatic carbocycles. The Balaban J connectivity index is 2.01. The second kappa shape index (κ2) is 4.73. The molecule has 0 amide bonds. The van der Waals surface area contributed by atoms with Gasteiger partial charge in [-0.05, 0) is 49.1 Å². The molecule has 2 rings (SSSR count). The van der Waals surface area contributed by atoms with Crippen molar-refractivity contribution >= 4 is 0 Å². The van der Waals surface area contributed by atoms with Crippen molar-refractivity contribution in [1.29, 1.82) is 0 Å². The van der Waals surface area contributed by atoms with E-state index in [1.54, 1.807) is 6.26 Å². The minimum atomic E-state index is 0.301. The fourth-order valence-corrected chi connectivity index (χ4v) is 3.94. The molecule has 0 radical (unpaired) electrons. The summed E-state index contributed by atoms with van der Waals surface area (Å²) in [5.41, 5.74) is 0.866. The lowest BCUT2D eigenvalue weighted by molar-refractivity contribution is 0.0799. The van der Waals surface area contributed by atoms with Crippen LogP contribution in [0.4, 0.5) is 0 Å². The van der Waals surface area contributed by atoms with Gasteiger partial charge in [-0.1, -0.05) is 27.7 Å².